The normalized spacial score (nSPS) is 13.3. The third-order valence-electron chi connectivity index (χ3n) is 10.9. The molecule has 5 aromatic carbocycles. The number of anilines is 4. The van der Waals surface area contributed by atoms with Crippen molar-refractivity contribution in [2.45, 2.75) is 91.9 Å². The summed E-state index contributed by atoms with van der Waals surface area (Å²) in [6, 6.07) is 42.7. The molecule has 0 N–H and O–H groups in total. The van der Waals surface area contributed by atoms with Gasteiger partial charge in [0.2, 0.25) is 0 Å². The van der Waals surface area contributed by atoms with Crippen LogP contribution in [0.15, 0.2) is 115 Å². The summed E-state index contributed by atoms with van der Waals surface area (Å²) < 4.78 is 9.15. The second-order valence-corrected chi connectivity index (χ2v) is 17.9. The topological polar surface area (TPSA) is 33.5 Å². The number of nitrogens with zero attached hydrogens (tertiary/aromatic N) is 4. The van der Waals surface area contributed by atoms with E-state index in [0.29, 0.717) is 5.75 Å². The fourth-order valence-electron chi connectivity index (χ4n) is 7.67. The molecule has 0 radical (unpaired) electrons. The third-order valence-corrected chi connectivity index (χ3v) is 10.9. The van der Waals surface area contributed by atoms with Gasteiger partial charge < -0.3 is 14.5 Å². The Hall–Kier alpha value is -4.86. The number of ether oxygens (including phenoxy) is 1. The number of hydrogen-bond donors (Lipinski definition) is 0. The Morgan fingerprint density at radius 3 is 1.95 bits per heavy atom. The number of hydrogen-bond acceptors (Lipinski definition) is 4. The molecule has 7 aromatic rings. The second-order valence-electron chi connectivity index (χ2n) is 17.9. The van der Waals surface area contributed by atoms with Crippen LogP contribution >= 0.6 is 0 Å². The maximum Gasteiger partial charge on any atom is 2.00 e. The van der Waals surface area contributed by atoms with E-state index in [2.05, 4.69) is 199 Å². The molecule has 3 heterocycles. The van der Waals surface area contributed by atoms with Crippen molar-refractivity contribution in [3.63, 3.8) is 0 Å². The van der Waals surface area contributed by atoms with E-state index in [4.69, 9.17) is 9.72 Å². The first-order valence-electron chi connectivity index (χ1n) is 19.5. The van der Waals surface area contributed by atoms with Crippen molar-refractivity contribution in [3.8, 4) is 17.3 Å². The van der Waals surface area contributed by atoms with Crippen LogP contribution in [0.2, 0.25) is 0 Å². The second kappa shape index (κ2) is 14.6. The molecule has 0 aliphatic carbocycles. The van der Waals surface area contributed by atoms with Crippen LogP contribution in [0.25, 0.3) is 27.6 Å². The summed E-state index contributed by atoms with van der Waals surface area (Å²) in [5.41, 5.74) is 11.6. The van der Waals surface area contributed by atoms with Crippen LogP contribution in [0.5, 0.6) is 11.5 Å². The Labute approximate surface area is 347 Å². The van der Waals surface area contributed by atoms with Crippen molar-refractivity contribution in [2.75, 3.05) is 9.80 Å². The summed E-state index contributed by atoms with van der Waals surface area (Å²) in [6.07, 6.45) is 2.72. The molecular formula is C50H52N4OPt. The molecule has 56 heavy (non-hydrogen) atoms. The molecule has 1 aliphatic heterocycles. The van der Waals surface area contributed by atoms with Gasteiger partial charge in [0.15, 0.2) is 0 Å². The zero-order chi connectivity index (χ0) is 38.9. The van der Waals surface area contributed by atoms with Gasteiger partial charge in [-0.05, 0) is 94.0 Å². The SMILES string of the molecule is CCc1c(Oc2[c-]c(N3[CH-]N(c4cc(C(C)(C)C)cc(C(C)(C)C)c4)c4ccccc43)ccc2)ccc2c3ccccc3n(-c3cc(C(C)(C)C)ccn3)c12.[Pt+2]. The Morgan fingerprint density at radius 2 is 1.29 bits per heavy atom. The van der Waals surface area contributed by atoms with Crippen LogP contribution in [0.1, 0.15) is 91.5 Å². The van der Waals surface area contributed by atoms with Crippen molar-refractivity contribution in [1.29, 1.82) is 0 Å². The summed E-state index contributed by atoms with van der Waals surface area (Å²) in [5, 5.41) is 2.39. The van der Waals surface area contributed by atoms with Gasteiger partial charge in [0, 0.05) is 45.3 Å². The Morgan fingerprint density at radius 1 is 0.643 bits per heavy atom. The van der Waals surface area contributed by atoms with Gasteiger partial charge in [-0.2, -0.15) is 6.07 Å². The van der Waals surface area contributed by atoms with Crippen LogP contribution in [-0.4, -0.2) is 9.55 Å². The minimum absolute atomic E-state index is 0. The van der Waals surface area contributed by atoms with Crippen molar-refractivity contribution in [2.24, 2.45) is 0 Å². The minimum atomic E-state index is -0.00466. The molecule has 0 fully saturated rings. The van der Waals surface area contributed by atoms with Crippen molar-refractivity contribution < 1.29 is 25.8 Å². The molecule has 0 saturated heterocycles. The number of fused-ring (bicyclic) bond motifs is 4. The van der Waals surface area contributed by atoms with Crippen LogP contribution in [0.3, 0.4) is 0 Å². The van der Waals surface area contributed by atoms with E-state index < -0.39 is 0 Å². The van der Waals surface area contributed by atoms with Crippen LogP contribution in [-0.2, 0) is 43.7 Å². The predicted molar refractivity (Wildman–Crippen MR) is 231 cm³/mol. The van der Waals surface area contributed by atoms with E-state index in [-0.39, 0.29) is 37.3 Å². The number of benzene rings is 5. The molecular weight excluding hydrogens is 868 g/mol. The Kier molecular flexibility index (Phi) is 10.2. The van der Waals surface area contributed by atoms with Crippen LogP contribution in [0, 0.1) is 12.7 Å². The minimum Gasteiger partial charge on any atom is -0.493 e. The van der Waals surface area contributed by atoms with Crippen molar-refractivity contribution >= 4 is 44.6 Å². The molecule has 5 nitrogen and oxygen atoms in total. The fraction of sp³-hybridized carbons (Fsp3) is 0.280. The first kappa shape index (κ1) is 39.4. The smallest absolute Gasteiger partial charge is 0.493 e. The van der Waals surface area contributed by atoms with Gasteiger partial charge in [0.05, 0.1) is 11.0 Å². The van der Waals surface area contributed by atoms with E-state index in [9.17, 15) is 0 Å². The number of aromatic nitrogens is 2. The summed E-state index contributed by atoms with van der Waals surface area (Å²) >= 11 is 0. The quantitative estimate of drug-likeness (QED) is 0.156. The largest absolute Gasteiger partial charge is 2.00 e. The Balaban J connectivity index is 0.00000480. The summed E-state index contributed by atoms with van der Waals surface area (Å²) in [4.78, 5) is 9.46. The molecule has 1 aliphatic rings. The van der Waals surface area contributed by atoms with Gasteiger partial charge in [0.1, 0.15) is 11.6 Å². The molecule has 0 bridgehead atoms. The summed E-state index contributed by atoms with van der Waals surface area (Å²) in [6.45, 7) is 24.9. The molecule has 8 rings (SSSR count). The number of rotatable bonds is 6. The molecule has 288 valence electrons. The van der Waals surface area contributed by atoms with E-state index >= 15 is 0 Å². The third kappa shape index (κ3) is 7.16. The number of para-hydroxylation sites is 3. The summed E-state index contributed by atoms with van der Waals surface area (Å²) in [5.74, 6) is 2.39. The van der Waals surface area contributed by atoms with Crippen molar-refractivity contribution in [1.82, 2.24) is 9.55 Å². The van der Waals surface area contributed by atoms with Crippen LogP contribution in [0.4, 0.5) is 22.7 Å². The molecule has 0 saturated carbocycles. The first-order chi connectivity index (χ1) is 26.1. The van der Waals surface area contributed by atoms with E-state index in [1.807, 2.05) is 12.3 Å². The molecule has 0 atom stereocenters. The van der Waals surface area contributed by atoms with Gasteiger partial charge in [-0.1, -0.05) is 106 Å². The van der Waals surface area contributed by atoms with E-state index in [1.54, 1.807) is 0 Å². The van der Waals surface area contributed by atoms with Crippen LogP contribution < -0.4 is 14.5 Å². The molecule has 2 aromatic heterocycles. The Bertz CT molecular complexity index is 2530. The number of pyridine rings is 1. The fourth-order valence-corrected chi connectivity index (χ4v) is 7.67. The molecule has 6 heteroatoms. The average Bonchev–Trinajstić information content (AvgIpc) is 3.70. The van der Waals surface area contributed by atoms with Gasteiger partial charge >= 0.3 is 21.1 Å². The number of aryl methyl sites for hydroxylation is 1. The molecule has 0 spiro atoms. The maximum absolute atomic E-state index is 6.84. The van der Waals surface area contributed by atoms with Gasteiger partial charge in [0.25, 0.3) is 0 Å². The van der Waals surface area contributed by atoms with Gasteiger partial charge in [-0.25, -0.2) is 4.98 Å². The molecule has 0 amide bonds. The maximum atomic E-state index is 6.84. The van der Waals surface area contributed by atoms with E-state index in [0.717, 1.165) is 57.3 Å². The monoisotopic (exact) mass is 919 g/mol. The van der Waals surface area contributed by atoms with Gasteiger partial charge in [-0.3, -0.25) is 4.57 Å². The zero-order valence-corrected chi connectivity index (χ0v) is 36.5. The van der Waals surface area contributed by atoms with E-state index in [1.165, 1.54) is 27.5 Å². The predicted octanol–water partition coefficient (Wildman–Crippen LogP) is 13.6. The van der Waals surface area contributed by atoms with Gasteiger partial charge in [-0.15, -0.1) is 30.6 Å². The summed E-state index contributed by atoms with van der Waals surface area (Å²) in [7, 11) is 0. The average molecular weight is 920 g/mol. The molecule has 0 unspecified atom stereocenters. The standard InChI is InChI=1S/C50H52N4O.Pt/c1-11-39-45(24-23-41-40-19-12-13-20-42(40)54(47(39)41)46-30-33(25-26-51-46)48(2,3)4)55-38-18-16-17-36(31-38)52-32-53(44-22-15-14-21-43(44)52)37-28-34(49(5,6)7)27-35(29-37)50(8,9)10;/h12-30,32H,11H2,1-10H3;/q-2;+2. The van der Waals surface area contributed by atoms with Crippen molar-refractivity contribution in [3.05, 3.63) is 150 Å². The first-order valence-corrected chi connectivity index (χ1v) is 19.5. The zero-order valence-electron chi connectivity index (χ0n) is 34.3.